The van der Waals surface area contributed by atoms with E-state index in [0.29, 0.717) is 35.5 Å². The lowest BCUT2D eigenvalue weighted by molar-refractivity contribution is 0.0903. The van der Waals surface area contributed by atoms with Crippen LogP contribution in [0.1, 0.15) is 23.2 Å². The van der Waals surface area contributed by atoms with E-state index in [1.54, 1.807) is 12.1 Å². The average Bonchev–Trinajstić information content (AvgIpc) is 3.40. The molecular formula is C29H32FN7O4S. The largest absolute Gasteiger partial charge is 0.381 e. The van der Waals surface area contributed by atoms with Crippen LogP contribution in [0.4, 0.5) is 21.8 Å². The van der Waals surface area contributed by atoms with Crippen molar-refractivity contribution in [1.82, 2.24) is 20.1 Å². The highest BCUT2D eigenvalue weighted by molar-refractivity contribution is 7.91. The summed E-state index contributed by atoms with van der Waals surface area (Å²) >= 11 is 0. The van der Waals surface area contributed by atoms with Crippen molar-refractivity contribution in [1.29, 1.82) is 0 Å². The number of hydrogen-bond donors (Lipinski definition) is 3. The number of halogens is 1. The first kappa shape index (κ1) is 28.1. The Balaban J connectivity index is 1.30. The first-order chi connectivity index (χ1) is 20.3. The number of aromatic nitrogens is 3. The average molecular weight is 594 g/mol. The van der Waals surface area contributed by atoms with E-state index in [0.717, 1.165) is 50.9 Å². The summed E-state index contributed by atoms with van der Waals surface area (Å²) in [5, 5.41) is 13.8. The predicted octanol–water partition coefficient (Wildman–Crippen LogP) is 3.52. The van der Waals surface area contributed by atoms with Gasteiger partial charge in [0.15, 0.2) is 5.82 Å². The van der Waals surface area contributed by atoms with Gasteiger partial charge in [-0.15, -0.1) is 0 Å². The summed E-state index contributed by atoms with van der Waals surface area (Å²) in [6, 6.07) is 13.0. The number of rotatable bonds is 7. The zero-order valence-electron chi connectivity index (χ0n) is 23.1. The Labute approximate surface area is 243 Å². The molecule has 2 aromatic carbocycles. The molecule has 0 saturated carbocycles. The van der Waals surface area contributed by atoms with E-state index < -0.39 is 21.6 Å². The van der Waals surface area contributed by atoms with Crippen LogP contribution in [-0.4, -0.2) is 86.9 Å². The molecule has 2 aromatic heterocycles. The molecule has 0 atom stereocenters. The molecule has 0 radical (unpaired) electrons. The summed E-state index contributed by atoms with van der Waals surface area (Å²) in [6.45, 7) is 4.80. The van der Waals surface area contributed by atoms with Crippen LogP contribution < -0.4 is 15.5 Å². The highest BCUT2D eigenvalue weighted by atomic mass is 32.2. The van der Waals surface area contributed by atoms with Crippen LogP contribution in [0.3, 0.4) is 0 Å². The third-order valence-corrected chi connectivity index (χ3v) is 9.45. The van der Waals surface area contributed by atoms with Crippen molar-refractivity contribution >= 4 is 44.1 Å². The van der Waals surface area contributed by atoms with Gasteiger partial charge in [0.25, 0.3) is 5.91 Å². The van der Waals surface area contributed by atoms with Crippen LogP contribution in [0.25, 0.3) is 10.9 Å². The number of sulfone groups is 1. The summed E-state index contributed by atoms with van der Waals surface area (Å²) in [5.74, 6) is 0.364. The van der Waals surface area contributed by atoms with Crippen molar-refractivity contribution in [3.8, 4) is 0 Å². The molecule has 4 heterocycles. The molecule has 0 spiro atoms. The molecule has 13 heteroatoms. The van der Waals surface area contributed by atoms with Gasteiger partial charge in [-0.2, -0.15) is 5.10 Å². The number of likely N-dealkylation sites (N-methyl/N-ethyl adjacent to an activating group) is 1. The molecule has 2 aliphatic heterocycles. The molecule has 3 N–H and O–H groups in total. The third-order valence-electron chi connectivity index (χ3n) is 7.70. The Morgan fingerprint density at radius 3 is 2.52 bits per heavy atom. The number of nitrogens with one attached hydrogen (secondary N) is 3. The molecule has 4 aromatic rings. The predicted molar refractivity (Wildman–Crippen MR) is 157 cm³/mol. The van der Waals surface area contributed by atoms with Gasteiger partial charge in [0, 0.05) is 50.8 Å². The summed E-state index contributed by atoms with van der Waals surface area (Å²) in [6.07, 6.45) is 1.60. The second-order valence-electron chi connectivity index (χ2n) is 10.6. The molecule has 2 fully saturated rings. The third kappa shape index (κ3) is 5.80. The van der Waals surface area contributed by atoms with Crippen molar-refractivity contribution < 1.29 is 22.3 Å². The van der Waals surface area contributed by atoms with Gasteiger partial charge in [-0.05, 0) is 68.4 Å². The maximum atomic E-state index is 13.8. The number of carbonyl (C=O) groups is 1. The van der Waals surface area contributed by atoms with Gasteiger partial charge in [0.2, 0.25) is 9.84 Å². The zero-order chi connectivity index (χ0) is 29.3. The maximum absolute atomic E-state index is 13.8. The van der Waals surface area contributed by atoms with E-state index in [-0.39, 0.29) is 21.7 Å². The van der Waals surface area contributed by atoms with Gasteiger partial charge >= 0.3 is 0 Å². The molecule has 11 nitrogen and oxygen atoms in total. The van der Waals surface area contributed by atoms with E-state index in [2.05, 4.69) is 37.7 Å². The van der Waals surface area contributed by atoms with Gasteiger partial charge in [0.05, 0.1) is 20.9 Å². The minimum absolute atomic E-state index is 0.0439. The van der Waals surface area contributed by atoms with Gasteiger partial charge in [-0.25, -0.2) is 17.8 Å². The number of fused-ring (bicyclic) bond motifs is 1. The number of aromatic amines is 1. The summed E-state index contributed by atoms with van der Waals surface area (Å²) in [4.78, 5) is 22.8. The summed E-state index contributed by atoms with van der Waals surface area (Å²) in [7, 11) is -1.91. The first-order valence-corrected chi connectivity index (χ1v) is 15.4. The van der Waals surface area contributed by atoms with E-state index in [1.165, 1.54) is 30.3 Å². The number of benzene rings is 2. The number of carbonyl (C=O) groups excluding carboxylic acids is 1. The fourth-order valence-electron chi connectivity index (χ4n) is 5.19. The smallest absolute Gasteiger partial charge is 0.260 e. The second kappa shape index (κ2) is 11.7. The zero-order valence-corrected chi connectivity index (χ0v) is 24.0. The number of amides is 1. The lowest BCUT2D eigenvalue weighted by atomic mass is 10.1. The molecule has 6 rings (SSSR count). The topological polar surface area (TPSA) is 133 Å². The normalized spacial score (nSPS) is 17.0. The standard InChI is InChI=1S/C29H32FN7O4S/c1-36-11-13-37(14-12-36)26-8-6-23(27(32-26)31-20-9-15-41-16-10-20)29(38)33-28-24-18-22(5-7-25(24)34-35-28)42(39,40)21-4-2-3-19(30)17-21/h2-8,17-18,20H,9-16H2,1H3,(H,31,32)(H2,33,34,35,38). The number of H-pyrrole nitrogens is 1. The SMILES string of the molecule is CN1CCN(c2ccc(C(=O)Nc3n[nH]c4ccc(S(=O)(=O)c5cccc(F)c5)cc34)c(NC3CCOCC3)n2)CC1. The fraction of sp³-hybridized carbons (Fsp3) is 0.345. The summed E-state index contributed by atoms with van der Waals surface area (Å²) in [5.41, 5.74) is 0.881. The Kier molecular flexibility index (Phi) is 7.80. The highest BCUT2D eigenvalue weighted by Crippen LogP contribution is 2.29. The lowest BCUT2D eigenvalue weighted by Gasteiger charge is -2.33. The Morgan fingerprint density at radius 2 is 1.76 bits per heavy atom. The molecule has 0 aliphatic carbocycles. The quantitative estimate of drug-likeness (QED) is 0.294. The van der Waals surface area contributed by atoms with Crippen molar-refractivity contribution in [3.05, 3.63) is 66.0 Å². The van der Waals surface area contributed by atoms with Crippen molar-refractivity contribution in [3.63, 3.8) is 0 Å². The molecule has 0 bridgehead atoms. The van der Waals surface area contributed by atoms with E-state index in [9.17, 15) is 17.6 Å². The Morgan fingerprint density at radius 1 is 1.00 bits per heavy atom. The van der Waals surface area contributed by atoms with E-state index >= 15 is 0 Å². The van der Waals surface area contributed by atoms with Gasteiger partial charge in [-0.1, -0.05) is 6.07 Å². The minimum atomic E-state index is -4.00. The fourth-order valence-corrected chi connectivity index (χ4v) is 6.51. The number of hydrogen-bond acceptors (Lipinski definition) is 9. The number of nitrogens with zero attached hydrogens (tertiary/aromatic N) is 4. The molecule has 42 heavy (non-hydrogen) atoms. The monoisotopic (exact) mass is 593 g/mol. The molecule has 220 valence electrons. The lowest BCUT2D eigenvalue weighted by Crippen LogP contribution is -2.45. The first-order valence-electron chi connectivity index (χ1n) is 13.9. The van der Waals surface area contributed by atoms with Crippen LogP contribution >= 0.6 is 0 Å². The molecule has 2 aliphatic rings. The number of anilines is 3. The molecule has 1 amide bonds. The maximum Gasteiger partial charge on any atom is 0.260 e. The minimum Gasteiger partial charge on any atom is -0.381 e. The van der Waals surface area contributed by atoms with Gasteiger partial charge < -0.3 is 25.2 Å². The number of ether oxygens (including phenoxy) is 1. The van der Waals surface area contributed by atoms with E-state index in [4.69, 9.17) is 9.72 Å². The molecule has 2 saturated heterocycles. The molecular weight excluding hydrogens is 561 g/mol. The van der Waals surface area contributed by atoms with Crippen LogP contribution in [0.2, 0.25) is 0 Å². The van der Waals surface area contributed by atoms with Crippen LogP contribution in [-0.2, 0) is 14.6 Å². The van der Waals surface area contributed by atoms with Crippen LogP contribution in [0.15, 0.2) is 64.4 Å². The van der Waals surface area contributed by atoms with Crippen molar-refractivity contribution in [2.45, 2.75) is 28.7 Å². The number of piperazine rings is 1. The van der Waals surface area contributed by atoms with Crippen molar-refractivity contribution in [2.75, 3.05) is 62.0 Å². The Bertz CT molecular complexity index is 1710. The van der Waals surface area contributed by atoms with Crippen LogP contribution in [0, 0.1) is 5.82 Å². The van der Waals surface area contributed by atoms with E-state index in [1.807, 2.05) is 6.07 Å². The van der Waals surface area contributed by atoms with Gasteiger partial charge in [0.1, 0.15) is 17.5 Å². The number of pyridine rings is 1. The second-order valence-corrected chi connectivity index (χ2v) is 12.5. The Hall–Kier alpha value is -4.07. The van der Waals surface area contributed by atoms with Gasteiger partial charge in [-0.3, -0.25) is 9.89 Å². The highest BCUT2D eigenvalue weighted by Gasteiger charge is 2.24. The van der Waals surface area contributed by atoms with Crippen LogP contribution in [0.5, 0.6) is 0 Å². The molecule has 0 unspecified atom stereocenters. The van der Waals surface area contributed by atoms with Crippen molar-refractivity contribution in [2.24, 2.45) is 0 Å². The summed E-state index contributed by atoms with van der Waals surface area (Å²) < 4.78 is 45.7.